The van der Waals surface area contributed by atoms with Gasteiger partial charge in [0.15, 0.2) is 6.54 Å². The Balaban J connectivity index is 1.46. The zero-order valence-electron chi connectivity index (χ0n) is 14.6. The number of hydrogen-bond donors (Lipinski definition) is 3. The summed E-state index contributed by atoms with van der Waals surface area (Å²) in [4.78, 5) is 16.5. The lowest BCUT2D eigenvalue weighted by atomic mass is 10.1. The number of quaternary nitrogens is 1. The van der Waals surface area contributed by atoms with Crippen molar-refractivity contribution in [1.82, 2.24) is 10.3 Å². The number of H-pyrrole nitrogens is 1. The second-order valence-electron chi connectivity index (χ2n) is 6.51. The molecule has 0 fully saturated rings. The Kier molecular flexibility index (Phi) is 6.20. The number of halogens is 2. The van der Waals surface area contributed by atoms with Crippen LogP contribution in [0.2, 0.25) is 10.0 Å². The second-order valence-corrected chi connectivity index (χ2v) is 7.35. The van der Waals surface area contributed by atoms with Crippen LogP contribution in [0, 0.1) is 0 Å². The lowest BCUT2D eigenvalue weighted by Crippen LogP contribution is -3.08. The number of rotatable bonds is 7. The van der Waals surface area contributed by atoms with Crippen molar-refractivity contribution in [3.8, 4) is 0 Å². The number of hydrogen-bond acceptors (Lipinski definition) is 1. The fraction of sp³-hybridized carbons (Fsp3) is 0.250. The molecule has 1 atom stereocenters. The van der Waals surface area contributed by atoms with Gasteiger partial charge in [0.25, 0.3) is 5.91 Å². The minimum Gasteiger partial charge on any atom is -0.361 e. The first-order chi connectivity index (χ1) is 12.5. The minimum atomic E-state index is 0.0347. The smallest absolute Gasteiger partial charge is 0.275 e. The molecule has 2 aromatic carbocycles. The van der Waals surface area contributed by atoms with E-state index in [1.807, 2.05) is 37.5 Å². The molecule has 1 aromatic heterocycles. The molecule has 3 aromatic rings. The maximum atomic E-state index is 12.2. The molecule has 0 bridgehead atoms. The van der Waals surface area contributed by atoms with Crippen molar-refractivity contribution < 1.29 is 9.69 Å². The highest BCUT2D eigenvalue weighted by molar-refractivity contribution is 6.35. The van der Waals surface area contributed by atoms with Crippen molar-refractivity contribution in [2.75, 3.05) is 20.1 Å². The number of carbonyl (C=O) groups is 1. The molecule has 0 aliphatic rings. The Hall–Kier alpha value is -2.01. The molecule has 1 unspecified atom stereocenters. The van der Waals surface area contributed by atoms with Crippen molar-refractivity contribution in [1.29, 1.82) is 0 Å². The van der Waals surface area contributed by atoms with E-state index >= 15 is 0 Å². The van der Waals surface area contributed by atoms with Crippen LogP contribution < -0.4 is 10.2 Å². The van der Waals surface area contributed by atoms with Crippen LogP contribution >= 0.6 is 23.2 Å². The van der Waals surface area contributed by atoms with Gasteiger partial charge in [-0.25, -0.2) is 0 Å². The van der Waals surface area contributed by atoms with E-state index in [1.165, 1.54) is 10.9 Å². The number of nitrogens with one attached hydrogen (secondary N) is 3. The molecule has 4 nitrogen and oxygen atoms in total. The first-order valence-corrected chi connectivity index (χ1v) is 9.35. The summed E-state index contributed by atoms with van der Waals surface area (Å²) in [5.41, 5.74) is 3.33. The molecule has 1 amide bonds. The number of likely N-dealkylation sites (N-methyl/N-ethyl adjacent to an activating group) is 1. The van der Waals surface area contributed by atoms with E-state index in [2.05, 4.69) is 22.4 Å². The molecular weight excluding hydrogens is 369 g/mol. The molecule has 3 rings (SSSR count). The molecule has 0 aliphatic carbocycles. The van der Waals surface area contributed by atoms with E-state index in [1.54, 1.807) is 6.07 Å². The predicted octanol–water partition coefficient (Wildman–Crippen LogP) is 2.85. The van der Waals surface area contributed by atoms with Crippen LogP contribution in [-0.2, 0) is 17.8 Å². The number of para-hydroxylation sites is 1. The minimum absolute atomic E-state index is 0.0347. The number of aromatic amines is 1. The summed E-state index contributed by atoms with van der Waals surface area (Å²) in [6.45, 7) is 1.69. The Morgan fingerprint density at radius 1 is 1.15 bits per heavy atom. The lowest BCUT2D eigenvalue weighted by molar-refractivity contribution is -0.885. The van der Waals surface area contributed by atoms with Gasteiger partial charge in [0.2, 0.25) is 0 Å². The van der Waals surface area contributed by atoms with Crippen LogP contribution in [0.15, 0.2) is 48.7 Å². The Bertz CT molecular complexity index is 907. The monoisotopic (exact) mass is 390 g/mol. The van der Waals surface area contributed by atoms with Crippen LogP contribution in [-0.4, -0.2) is 31.0 Å². The summed E-state index contributed by atoms with van der Waals surface area (Å²) in [5, 5.41) is 5.46. The van der Waals surface area contributed by atoms with Crippen LogP contribution in [0.4, 0.5) is 0 Å². The Morgan fingerprint density at radius 2 is 1.96 bits per heavy atom. The summed E-state index contributed by atoms with van der Waals surface area (Å²) >= 11 is 12.1. The summed E-state index contributed by atoms with van der Waals surface area (Å²) in [6, 6.07) is 13.6. The van der Waals surface area contributed by atoms with E-state index in [-0.39, 0.29) is 5.91 Å². The van der Waals surface area contributed by atoms with Gasteiger partial charge in [-0.3, -0.25) is 4.79 Å². The number of carbonyl (C=O) groups excluding carboxylic acids is 1. The third-order valence-corrected chi connectivity index (χ3v) is 4.95. The van der Waals surface area contributed by atoms with Crippen molar-refractivity contribution >= 4 is 40.0 Å². The third-order valence-electron chi connectivity index (χ3n) is 4.36. The van der Waals surface area contributed by atoms with E-state index in [4.69, 9.17) is 23.2 Å². The van der Waals surface area contributed by atoms with Gasteiger partial charge in [0.05, 0.1) is 12.1 Å². The average Bonchev–Trinajstić information content (AvgIpc) is 3.01. The van der Waals surface area contributed by atoms with Gasteiger partial charge in [-0.05, 0) is 30.2 Å². The van der Waals surface area contributed by atoms with Crippen molar-refractivity contribution in [3.63, 3.8) is 0 Å². The van der Waals surface area contributed by atoms with E-state index < -0.39 is 0 Å². The van der Waals surface area contributed by atoms with E-state index in [0.29, 0.717) is 29.7 Å². The Labute approximate surface area is 163 Å². The number of fused-ring (bicyclic) bond motifs is 1. The SMILES string of the molecule is C[NH+](CC(=O)NCCc1c[nH]c2ccccc12)Cc1ccc(Cl)cc1Cl. The zero-order chi connectivity index (χ0) is 18.5. The number of aromatic nitrogens is 1. The van der Waals surface area contributed by atoms with E-state index in [0.717, 1.165) is 22.4 Å². The molecule has 136 valence electrons. The summed E-state index contributed by atoms with van der Waals surface area (Å²) < 4.78 is 0. The van der Waals surface area contributed by atoms with Crippen LogP contribution in [0.25, 0.3) is 10.9 Å². The highest BCUT2D eigenvalue weighted by atomic mass is 35.5. The van der Waals surface area contributed by atoms with Gasteiger partial charge in [0.1, 0.15) is 6.54 Å². The second kappa shape index (κ2) is 8.58. The summed E-state index contributed by atoms with van der Waals surface area (Å²) in [6.07, 6.45) is 2.81. The molecule has 0 saturated heterocycles. The van der Waals surface area contributed by atoms with Crippen LogP contribution in [0.5, 0.6) is 0 Å². The summed E-state index contributed by atoms with van der Waals surface area (Å²) in [7, 11) is 1.98. The van der Waals surface area contributed by atoms with E-state index in [9.17, 15) is 4.79 Å². The highest BCUT2D eigenvalue weighted by Crippen LogP contribution is 2.20. The van der Waals surface area contributed by atoms with Crippen LogP contribution in [0.1, 0.15) is 11.1 Å². The maximum absolute atomic E-state index is 12.2. The molecule has 1 heterocycles. The van der Waals surface area contributed by atoms with Gasteiger partial charge < -0.3 is 15.2 Å². The first-order valence-electron chi connectivity index (χ1n) is 8.60. The van der Waals surface area contributed by atoms with Crippen LogP contribution in [0.3, 0.4) is 0 Å². The van der Waals surface area contributed by atoms with Gasteiger partial charge >= 0.3 is 0 Å². The fourth-order valence-corrected chi connectivity index (χ4v) is 3.54. The standard InChI is InChI=1S/C20H21Cl2N3O/c1-25(12-15-6-7-16(21)10-18(15)22)13-20(26)23-9-8-14-11-24-19-5-3-2-4-17(14)19/h2-7,10-11,24H,8-9,12-13H2,1H3,(H,23,26)/p+1. The first kappa shape index (κ1) is 18.8. The zero-order valence-corrected chi connectivity index (χ0v) is 16.1. The average molecular weight is 391 g/mol. The topological polar surface area (TPSA) is 49.3 Å². The molecule has 0 aliphatic heterocycles. The maximum Gasteiger partial charge on any atom is 0.275 e. The van der Waals surface area contributed by atoms with Gasteiger partial charge in [-0.15, -0.1) is 0 Å². The molecule has 0 spiro atoms. The van der Waals surface area contributed by atoms with Gasteiger partial charge in [-0.1, -0.05) is 47.5 Å². The summed E-state index contributed by atoms with van der Waals surface area (Å²) in [5.74, 6) is 0.0347. The number of amides is 1. The molecule has 6 heteroatoms. The predicted molar refractivity (Wildman–Crippen MR) is 107 cm³/mol. The van der Waals surface area contributed by atoms with Crippen molar-refractivity contribution in [2.45, 2.75) is 13.0 Å². The third kappa shape index (κ3) is 4.79. The normalized spacial score (nSPS) is 12.3. The molecule has 0 saturated carbocycles. The lowest BCUT2D eigenvalue weighted by Gasteiger charge is -2.15. The quantitative estimate of drug-likeness (QED) is 0.570. The van der Waals surface area contributed by atoms with Crippen molar-refractivity contribution in [3.05, 3.63) is 69.8 Å². The fourth-order valence-electron chi connectivity index (χ4n) is 3.06. The highest BCUT2D eigenvalue weighted by Gasteiger charge is 2.12. The van der Waals surface area contributed by atoms with Crippen molar-refractivity contribution in [2.24, 2.45) is 0 Å². The largest absolute Gasteiger partial charge is 0.361 e. The van der Waals surface area contributed by atoms with Gasteiger partial charge in [-0.2, -0.15) is 0 Å². The number of benzene rings is 2. The molecule has 26 heavy (non-hydrogen) atoms. The molecule has 0 radical (unpaired) electrons. The molecule has 3 N–H and O–H groups in total. The Morgan fingerprint density at radius 3 is 2.77 bits per heavy atom. The molecular formula is C20H22Cl2N3O+. The van der Waals surface area contributed by atoms with Gasteiger partial charge in [0, 0.05) is 34.2 Å².